The van der Waals surface area contributed by atoms with Crippen molar-refractivity contribution in [2.24, 2.45) is 0 Å². The van der Waals surface area contributed by atoms with E-state index in [1.54, 1.807) is 11.4 Å². The van der Waals surface area contributed by atoms with Crippen LogP contribution >= 0.6 is 0 Å². The molecular formula is C18H19N5S+2. The number of anilines is 1. The van der Waals surface area contributed by atoms with Crippen LogP contribution in [0.2, 0.25) is 0 Å². The van der Waals surface area contributed by atoms with Crippen molar-refractivity contribution >= 4 is 27.1 Å². The second-order valence-corrected chi connectivity index (χ2v) is 6.83. The van der Waals surface area contributed by atoms with Crippen LogP contribution in [0.3, 0.4) is 0 Å². The van der Waals surface area contributed by atoms with E-state index in [0.29, 0.717) is 0 Å². The molecule has 1 unspecified atom stereocenters. The van der Waals surface area contributed by atoms with Crippen molar-refractivity contribution in [3.8, 4) is 0 Å². The fourth-order valence-corrected chi connectivity index (χ4v) is 3.50. The first-order valence-electron chi connectivity index (χ1n) is 7.79. The molecule has 3 N–H and O–H groups in total. The van der Waals surface area contributed by atoms with Crippen molar-refractivity contribution in [3.63, 3.8) is 0 Å². The number of benzene rings is 2. The van der Waals surface area contributed by atoms with Gasteiger partial charge in [0.05, 0.1) is 5.69 Å². The number of rotatable bonds is 2. The van der Waals surface area contributed by atoms with E-state index in [2.05, 4.69) is 53.9 Å². The smallest absolute Gasteiger partial charge is 0.207 e. The van der Waals surface area contributed by atoms with Gasteiger partial charge >= 0.3 is 16.5 Å². The van der Waals surface area contributed by atoms with Crippen molar-refractivity contribution in [2.45, 2.75) is 13.1 Å². The number of hydrazone groups is 2. The highest BCUT2D eigenvalue weighted by Crippen LogP contribution is 2.21. The number of nitrogens with one attached hydrogen (secondary N) is 3. The molecule has 1 atom stereocenters. The molecule has 2 aromatic rings. The largest absolute Gasteiger partial charge is 0.588 e. The summed E-state index contributed by atoms with van der Waals surface area (Å²) in [5.41, 5.74) is 10.2. The number of hydrogen-bond acceptors (Lipinski definition) is 3. The van der Waals surface area contributed by atoms with Crippen LogP contribution < -0.4 is 21.3 Å². The van der Waals surface area contributed by atoms with Gasteiger partial charge in [-0.15, -0.1) is 5.12 Å². The molecule has 0 radical (unpaired) electrons. The van der Waals surface area contributed by atoms with Gasteiger partial charge in [0.25, 0.3) is 4.86 Å². The Morgan fingerprint density at radius 3 is 2.33 bits per heavy atom. The van der Waals surface area contributed by atoms with Gasteiger partial charge in [-0.1, -0.05) is 48.5 Å². The van der Waals surface area contributed by atoms with Gasteiger partial charge in [0.15, 0.2) is 11.9 Å². The Kier molecular flexibility index (Phi) is 3.76. The molecule has 0 aromatic heterocycles. The quantitative estimate of drug-likeness (QED) is 0.339. The third kappa shape index (κ3) is 2.66. The first kappa shape index (κ1) is 14.9. The van der Waals surface area contributed by atoms with Gasteiger partial charge in [0.1, 0.15) is 0 Å². The lowest BCUT2D eigenvalue weighted by atomic mass is 10.2. The maximum atomic E-state index is 4.05. The molecular weight excluding hydrogens is 318 g/mol. The summed E-state index contributed by atoms with van der Waals surface area (Å²) >= 11 is 1.67. The van der Waals surface area contributed by atoms with Gasteiger partial charge < -0.3 is 0 Å². The van der Waals surface area contributed by atoms with E-state index >= 15 is 0 Å². The lowest BCUT2D eigenvalue weighted by molar-refractivity contribution is -0.583. The molecule has 120 valence electrons. The molecule has 1 saturated heterocycles. The minimum absolute atomic E-state index is 0.0181. The molecule has 2 aliphatic rings. The van der Waals surface area contributed by atoms with Gasteiger partial charge in [-0.2, -0.15) is 10.7 Å². The molecule has 0 saturated carbocycles. The van der Waals surface area contributed by atoms with Gasteiger partial charge in [0.2, 0.25) is 0 Å². The van der Waals surface area contributed by atoms with Gasteiger partial charge in [-0.3, -0.25) is 0 Å². The van der Waals surface area contributed by atoms with Crippen LogP contribution in [0.4, 0.5) is 5.69 Å². The zero-order chi connectivity index (χ0) is 16.5. The van der Waals surface area contributed by atoms with Crippen LogP contribution in [0, 0.1) is 0 Å². The number of hydrazine groups is 3. The predicted octanol–water partition coefficient (Wildman–Crippen LogP) is 1.89. The van der Waals surface area contributed by atoms with Crippen molar-refractivity contribution < 1.29 is 4.79 Å². The minimum atomic E-state index is -0.0181. The van der Waals surface area contributed by atoms with E-state index in [1.165, 1.54) is 10.4 Å². The Hall–Kier alpha value is -2.70. The van der Waals surface area contributed by atoms with Crippen LogP contribution in [0.1, 0.15) is 18.7 Å². The number of hydrogen-bond donors (Lipinski definition) is 3. The molecule has 0 aliphatic carbocycles. The zero-order valence-electron chi connectivity index (χ0n) is 13.4. The fraction of sp³-hybridized carbons (Fsp3) is 0.111. The maximum absolute atomic E-state index is 4.05. The molecule has 0 bridgehead atoms. The lowest BCUT2D eigenvalue weighted by Gasteiger charge is -2.13. The third-order valence-electron chi connectivity index (χ3n) is 3.96. The van der Waals surface area contributed by atoms with Gasteiger partial charge in [-0.25, -0.2) is 5.43 Å². The van der Waals surface area contributed by atoms with E-state index in [9.17, 15) is 0 Å². The molecule has 0 amide bonds. The Bertz CT molecular complexity index is 829. The maximum Gasteiger partial charge on any atom is 0.588 e. The zero-order valence-corrected chi connectivity index (χ0v) is 14.2. The summed E-state index contributed by atoms with van der Waals surface area (Å²) in [5.74, 6) is 0. The summed E-state index contributed by atoms with van der Waals surface area (Å²) in [7, 11) is 0. The molecule has 24 heavy (non-hydrogen) atoms. The second kappa shape index (κ2) is 6.07. The lowest BCUT2D eigenvalue weighted by Crippen LogP contribution is -2.44. The summed E-state index contributed by atoms with van der Waals surface area (Å²) < 4.78 is 0. The Balaban J connectivity index is 1.75. The molecule has 2 heterocycles. The summed E-state index contributed by atoms with van der Waals surface area (Å²) in [6.07, 6.45) is -0.0181. The number of amidine groups is 1. The SMILES string of the molecule is C=C1NC(=[N+]2NC(c3ccccc3)NN2c2ccccc2)[S+]=C1C. The highest BCUT2D eigenvalue weighted by molar-refractivity contribution is 7.95. The summed E-state index contributed by atoms with van der Waals surface area (Å²) in [5, 5.41) is 6.34. The number of allylic oxidation sites excluding steroid dienone is 1. The molecule has 0 spiro atoms. The highest BCUT2D eigenvalue weighted by atomic mass is 32.1. The standard InChI is InChI=1S/C18H18N5S/c1-13-14(2)24-18(19-13)23-21-17(15-9-5-3-6-10-15)20-22(23)16-11-7-4-8-12-16/h3-12,17,20-21H,1H2,2H3/q+1/p+1. The van der Waals surface area contributed by atoms with Gasteiger partial charge in [0, 0.05) is 11.7 Å². The summed E-state index contributed by atoms with van der Waals surface area (Å²) in [6.45, 7) is 6.12. The van der Waals surface area contributed by atoms with Gasteiger partial charge in [-0.05, 0) is 24.3 Å². The topological polar surface area (TPSA) is 42.3 Å². The van der Waals surface area contributed by atoms with E-state index in [1.807, 2.05) is 46.3 Å². The normalized spacial score (nSPS) is 23.0. The summed E-state index contributed by atoms with van der Waals surface area (Å²) in [4.78, 5) is 3.17. The van der Waals surface area contributed by atoms with Crippen LogP contribution in [0.15, 0.2) is 72.9 Å². The minimum Gasteiger partial charge on any atom is -0.207 e. The highest BCUT2D eigenvalue weighted by Gasteiger charge is 2.44. The molecule has 1 fully saturated rings. The first-order chi connectivity index (χ1) is 11.7. The van der Waals surface area contributed by atoms with E-state index in [0.717, 1.165) is 16.6 Å². The summed E-state index contributed by atoms with van der Waals surface area (Å²) in [6, 6.07) is 20.5. The molecule has 6 heteroatoms. The molecule has 2 aliphatic heterocycles. The number of nitrogens with zero attached hydrogens (tertiary/aromatic N) is 2. The fourth-order valence-electron chi connectivity index (χ4n) is 2.64. The van der Waals surface area contributed by atoms with E-state index in [-0.39, 0.29) is 6.17 Å². The van der Waals surface area contributed by atoms with Crippen molar-refractivity contribution in [1.29, 1.82) is 0 Å². The Morgan fingerprint density at radius 2 is 1.71 bits per heavy atom. The van der Waals surface area contributed by atoms with Crippen molar-refractivity contribution in [1.82, 2.24) is 16.2 Å². The van der Waals surface area contributed by atoms with Crippen LogP contribution in [0.25, 0.3) is 0 Å². The van der Waals surface area contributed by atoms with Crippen LogP contribution in [-0.2, 0) is 11.4 Å². The monoisotopic (exact) mass is 337 g/mol. The van der Waals surface area contributed by atoms with Crippen molar-refractivity contribution in [2.75, 3.05) is 5.12 Å². The Labute approximate surface area is 145 Å². The molecule has 4 rings (SSSR count). The van der Waals surface area contributed by atoms with Crippen LogP contribution in [0.5, 0.6) is 0 Å². The number of para-hydroxylation sites is 1. The average Bonchev–Trinajstić information content (AvgIpc) is 3.21. The average molecular weight is 337 g/mol. The van der Waals surface area contributed by atoms with Crippen LogP contribution in [-0.4, -0.2) is 14.8 Å². The molecule has 5 nitrogen and oxygen atoms in total. The van der Waals surface area contributed by atoms with E-state index in [4.69, 9.17) is 0 Å². The Morgan fingerprint density at radius 1 is 1.04 bits per heavy atom. The van der Waals surface area contributed by atoms with E-state index < -0.39 is 0 Å². The predicted molar refractivity (Wildman–Crippen MR) is 100.0 cm³/mol. The third-order valence-corrected chi connectivity index (χ3v) is 4.98. The second-order valence-electron chi connectivity index (χ2n) is 5.63. The molecule has 2 aromatic carbocycles. The first-order valence-corrected chi connectivity index (χ1v) is 8.61. The van der Waals surface area contributed by atoms with Crippen molar-refractivity contribution in [3.05, 3.63) is 78.5 Å².